The van der Waals surface area contributed by atoms with E-state index in [0.29, 0.717) is 25.3 Å². The Kier molecular flexibility index (Phi) is 9.03. The first-order chi connectivity index (χ1) is 15.2. The van der Waals surface area contributed by atoms with Crippen LogP contribution in [-0.4, -0.2) is 60.4 Å². The maximum absolute atomic E-state index is 12.8. The Balaban J connectivity index is 2.22. The molecule has 2 aromatic rings. The fraction of sp³-hybridized carbons (Fsp3) is 0.364. The summed E-state index contributed by atoms with van der Waals surface area (Å²) < 4.78 is 36.1. The summed E-state index contributed by atoms with van der Waals surface area (Å²) in [6.45, 7) is 2.26. The number of hydrogen-bond donors (Lipinski definition) is 2. The Labute approximate surface area is 188 Å². The van der Waals surface area contributed by atoms with Gasteiger partial charge in [-0.3, -0.25) is 13.9 Å². The number of para-hydroxylation sites is 1. The minimum Gasteiger partial charge on any atom is -0.495 e. The van der Waals surface area contributed by atoms with Crippen LogP contribution >= 0.6 is 0 Å². The first-order valence-corrected chi connectivity index (χ1v) is 11.8. The Morgan fingerprint density at radius 1 is 1.09 bits per heavy atom. The molecule has 2 N–H and O–H groups in total. The highest BCUT2D eigenvalue weighted by Gasteiger charge is 2.25. The van der Waals surface area contributed by atoms with Crippen LogP contribution in [0.5, 0.6) is 5.75 Å². The second-order valence-electron chi connectivity index (χ2n) is 7.14. The second kappa shape index (κ2) is 11.5. The van der Waals surface area contributed by atoms with Crippen molar-refractivity contribution in [3.8, 4) is 5.75 Å². The highest BCUT2D eigenvalue weighted by Crippen LogP contribution is 2.31. The minimum absolute atomic E-state index is 0.259. The number of methoxy groups -OCH3 is 2. The number of sulfonamides is 1. The Morgan fingerprint density at radius 2 is 1.81 bits per heavy atom. The van der Waals surface area contributed by atoms with Crippen molar-refractivity contribution in [3.05, 3.63) is 53.6 Å². The Morgan fingerprint density at radius 3 is 2.47 bits per heavy atom. The van der Waals surface area contributed by atoms with E-state index in [0.717, 1.165) is 16.1 Å². The van der Waals surface area contributed by atoms with Crippen LogP contribution in [0.2, 0.25) is 0 Å². The summed E-state index contributed by atoms with van der Waals surface area (Å²) in [5.74, 6) is -0.624. The number of carbonyl (C=O) groups excluding carboxylic acids is 2. The lowest BCUT2D eigenvalue weighted by atomic mass is 10.1. The highest BCUT2D eigenvalue weighted by molar-refractivity contribution is 7.92. The van der Waals surface area contributed by atoms with Gasteiger partial charge < -0.3 is 20.1 Å². The van der Waals surface area contributed by atoms with Crippen LogP contribution in [0.25, 0.3) is 0 Å². The summed E-state index contributed by atoms with van der Waals surface area (Å²) in [4.78, 5) is 25.3. The van der Waals surface area contributed by atoms with Crippen LogP contribution in [0.4, 0.5) is 11.4 Å². The topological polar surface area (TPSA) is 114 Å². The number of aryl methyl sites for hydroxylation is 1. The van der Waals surface area contributed by atoms with E-state index in [1.54, 1.807) is 49.6 Å². The molecule has 0 bridgehead atoms. The average Bonchev–Trinajstić information content (AvgIpc) is 2.74. The molecule has 0 saturated heterocycles. The van der Waals surface area contributed by atoms with E-state index in [4.69, 9.17) is 9.47 Å². The van der Waals surface area contributed by atoms with Gasteiger partial charge >= 0.3 is 0 Å². The van der Waals surface area contributed by atoms with Gasteiger partial charge in [-0.2, -0.15) is 0 Å². The van der Waals surface area contributed by atoms with Gasteiger partial charge in [0.1, 0.15) is 12.3 Å². The van der Waals surface area contributed by atoms with Gasteiger partial charge in [0.2, 0.25) is 15.9 Å². The number of ether oxygens (including phenoxy) is 2. The monoisotopic (exact) mass is 463 g/mol. The van der Waals surface area contributed by atoms with E-state index in [9.17, 15) is 18.0 Å². The maximum Gasteiger partial charge on any atom is 0.253 e. The summed E-state index contributed by atoms with van der Waals surface area (Å²) in [7, 11) is -0.788. The minimum atomic E-state index is -3.80. The molecule has 0 unspecified atom stereocenters. The highest BCUT2D eigenvalue weighted by atomic mass is 32.2. The zero-order valence-electron chi connectivity index (χ0n) is 18.7. The van der Waals surface area contributed by atoms with Crippen molar-refractivity contribution in [2.24, 2.45) is 0 Å². The van der Waals surface area contributed by atoms with Crippen molar-refractivity contribution in [2.45, 2.75) is 13.3 Å². The molecule has 32 heavy (non-hydrogen) atoms. The number of benzene rings is 2. The van der Waals surface area contributed by atoms with Gasteiger partial charge in [-0.15, -0.1) is 0 Å². The molecule has 0 aromatic heterocycles. The molecule has 0 aliphatic heterocycles. The van der Waals surface area contributed by atoms with Crippen LogP contribution in [0.1, 0.15) is 22.3 Å². The standard InChI is InChI=1S/C22H29N3O6S/c1-16-10-11-20(31-3)19(14-16)25(32(4,28)29)15-21(26)24-18-9-6-5-8-17(18)22(27)23-12-7-13-30-2/h5-6,8-11,14H,7,12-13,15H2,1-4H3,(H,23,27)(H,24,26). The summed E-state index contributed by atoms with van der Waals surface area (Å²) in [5.41, 5.74) is 1.63. The largest absolute Gasteiger partial charge is 0.495 e. The molecule has 9 nitrogen and oxygen atoms in total. The zero-order valence-corrected chi connectivity index (χ0v) is 19.5. The van der Waals surface area contributed by atoms with Crippen LogP contribution in [-0.2, 0) is 19.6 Å². The van der Waals surface area contributed by atoms with E-state index in [-0.39, 0.29) is 22.8 Å². The second-order valence-corrected chi connectivity index (χ2v) is 9.05. The third kappa shape index (κ3) is 6.96. The third-order valence-corrected chi connectivity index (χ3v) is 5.67. The number of carbonyl (C=O) groups is 2. The summed E-state index contributed by atoms with van der Waals surface area (Å²) in [6, 6.07) is 11.6. The van der Waals surface area contributed by atoms with Crippen LogP contribution in [0, 0.1) is 6.92 Å². The van der Waals surface area contributed by atoms with Crippen molar-refractivity contribution >= 4 is 33.2 Å². The van der Waals surface area contributed by atoms with Crippen LogP contribution in [0.3, 0.4) is 0 Å². The van der Waals surface area contributed by atoms with Gasteiger partial charge in [-0.1, -0.05) is 18.2 Å². The van der Waals surface area contributed by atoms with Gasteiger partial charge in [0.25, 0.3) is 5.91 Å². The molecule has 2 amide bonds. The first kappa shape index (κ1) is 25.2. The zero-order chi connectivity index (χ0) is 23.7. The quantitative estimate of drug-likeness (QED) is 0.494. The molecular formula is C22H29N3O6S. The predicted octanol–water partition coefficient (Wildman–Crippen LogP) is 2.17. The molecule has 0 fully saturated rings. The van der Waals surface area contributed by atoms with E-state index in [1.165, 1.54) is 7.11 Å². The molecule has 0 aliphatic carbocycles. The van der Waals surface area contributed by atoms with Gasteiger partial charge in [-0.05, 0) is 43.2 Å². The van der Waals surface area contributed by atoms with Crippen molar-refractivity contribution in [1.82, 2.24) is 5.32 Å². The van der Waals surface area contributed by atoms with Crippen molar-refractivity contribution in [1.29, 1.82) is 0 Å². The molecule has 10 heteroatoms. The summed E-state index contributed by atoms with van der Waals surface area (Å²) in [6.07, 6.45) is 1.67. The Hall–Kier alpha value is -3.11. The summed E-state index contributed by atoms with van der Waals surface area (Å²) in [5, 5.41) is 5.41. The number of nitrogens with one attached hydrogen (secondary N) is 2. The Bertz CT molecular complexity index is 1060. The number of amides is 2. The SMILES string of the molecule is COCCCNC(=O)c1ccccc1NC(=O)CN(c1cc(C)ccc1OC)S(C)(=O)=O. The molecule has 0 heterocycles. The lowest BCUT2D eigenvalue weighted by Crippen LogP contribution is -2.38. The molecule has 0 saturated carbocycles. The number of hydrogen-bond acceptors (Lipinski definition) is 6. The van der Waals surface area contributed by atoms with Gasteiger partial charge in [0, 0.05) is 20.3 Å². The molecule has 0 spiro atoms. The van der Waals surface area contributed by atoms with Crippen molar-refractivity contribution in [3.63, 3.8) is 0 Å². The number of rotatable bonds is 11. The third-order valence-electron chi connectivity index (χ3n) is 4.55. The van der Waals surface area contributed by atoms with E-state index in [2.05, 4.69) is 10.6 Å². The smallest absolute Gasteiger partial charge is 0.253 e. The molecular weight excluding hydrogens is 434 g/mol. The number of anilines is 2. The molecule has 0 atom stereocenters. The molecule has 0 radical (unpaired) electrons. The number of nitrogens with zero attached hydrogens (tertiary/aromatic N) is 1. The fourth-order valence-corrected chi connectivity index (χ4v) is 3.85. The normalized spacial score (nSPS) is 11.0. The lowest BCUT2D eigenvalue weighted by Gasteiger charge is -2.24. The van der Waals surface area contributed by atoms with E-state index in [1.807, 2.05) is 6.92 Å². The average molecular weight is 464 g/mol. The van der Waals surface area contributed by atoms with Crippen LogP contribution in [0.15, 0.2) is 42.5 Å². The van der Waals surface area contributed by atoms with Gasteiger partial charge in [0.05, 0.1) is 30.3 Å². The summed E-state index contributed by atoms with van der Waals surface area (Å²) >= 11 is 0. The van der Waals surface area contributed by atoms with Gasteiger partial charge in [0.15, 0.2) is 0 Å². The fourth-order valence-electron chi connectivity index (χ4n) is 3.00. The van der Waals surface area contributed by atoms with E-state index >= 15 is 0 Å². The van der Waals surface area contributed by atoms with Gasteiger partial charge in [-0.25, -0.2) is 8.42 Å². The lowest BCUT2D eigenvalue weighted by molar-refractivity contribution is -0.114. The molecule has 174 valence electrons. The van der Waals surface area contributed by atoms with Crippen LogP contribution < -0.4 is 19.7 Å². The van der Waals surface area contributed by atoms with E-state index < -0.39 is 22.5 Å². The van der Waals surface area contributed by atoms with Crippen molar-refractivity contribution in [2.75, 3.05) is 49.8 Å². The molecule has 2 rings (SSSR count). The predicted molar refractivity (Wildman–Crippen MR) is 124 cm³/mol. The molecule has 0 aliphatic rings. The van der Waals surface area contributed by atoms with Crippen molar-refractivity contribution < 1.29 is 27.5 Å². The first-order valence-electron chi connectivity index (χ1n) is 9.95. The maximum atomic E-state index is 12.8. The molecule has 2 aromatic carbocycles.